The first-order valence-electron chi connectivity index (χ1n) is 12.2. The zero-order valence-corrected chi connectivity index (χ0v) is 20.8. The Balaban J connectivity index is 1.67. The molecule has 0 saturated heterocycles. The highest BCUT2D eigenvalue weighted by Crippen LogP contribution is 2.54. The van der Waals surface area contributed by atoms with Crippen molar-refractivity contribution in [2.45, 2.75) is 43.2 Å². The Labute approximate surface area is 208 Å². The van der Waals surface area contributed by atoms with Gasteiger partial charge in [0.2, 0.25) is 5.91 Å². The number of phenols is 1. The fourth-order valence-corrected chi connectivity index (χ4v) is 6.78. The van der Waals surface area contributed by atoms with Crippen molar-refractivity contribution in [3.8, 4) is 5.75 Å². The van der Waals surface area contributed by atoms with Crippen molar-refractivity contribution in [2.24, 2.45) is 29.4 Å². The average molecular weight is 498 g/mol. The number of nitrogens with two attached hydrogens (primary N) is 1. The van der Waals surface area contributed by atoms with Gasteiger partial charge in [0, 0.05) is 25.7 Å². The molecule has 10 nitrogen and oxygen atoms in total. The second-order valence-electron chi connectivity index (χ2n) is 11.1. The highest BCUT2D eigenvalue weighted by molar-refractivity contribution is 6.32. The highest BCUT2D eigenvalue weighted by atomic mass is 16.3. The van der Waals surface area contributed by atoms with E-state index in [0.29, 0.717) is 11.1 Å². The van der Waals surface area contributed by atoms with Crippen LogP contribution in [0.3, 0.4) is 0 Å². The lowest BCUT2D eigenvalue weighted by Crippen LogP contribution is -2.74. The fraction of sp³-hybridized carbons (Fsp3) is 0.577. The number of Topliss-reactive ketones (excluding diaryl/α,β-unsaturated/α-hetero) is 4. The summed E-state index contributed by atoms with van der Waals surface area (Å²) in [6.07, 6.45) is 2.09. The molecule has 192 valence electrons. The molecule has 10 heteroatoms. The van der Waals surface area contributed by atoms with Gasteiger partial charge < -0.3 is 20.8 Å². The van der Waals surface area contributed by atoms with Gasteiger partial charge in [0.15, 0.2) is 34.7 Å². The number of rotatable bonds is 4. The summed E-state index contributed by atoms with van der Waals surface area (Å²) in [4.78, 5) is 69.6. The number of likely N-dealkylation sites (N-methyl/N-ethyl adjacent to an activating group) is 1. The molecular weight excluding hydrogens is 466 g/mol. The lowest BCUT2D eigenvalue weighted by molar-refractivity contribution is -0.181. The molecule has 0 radical (unpaired) electrons. The summed E-state index contributed by atoms with van der Waals surface area (Å²) in [5, 5.41) is 22.8. The van der Waals surface area contributed by atoms with E-state index in [1.54, 1.807) is 14.1 Å². The van der Waals surface area contributed by atoms with E-state index >= 15 is 0 Å². The minimum atomic E-state index is -2.70. The minimum absolute atomic E-state index is 0.0436. The van der Waals surface area contributed by atoms with Crippen molar-refractivity contribution in [3.05, 3.63) is 22.8 Å². The summed E-state index contributed by atoms with van der Waals surface area (Å²) in [5.41, 5.74) is 4.76. The normalized spacial score (nSPS) is 33.8. The number of phenolic OH excluding ortho intramolecular Hbond substituents is 1. The second kappa shape index (κ2) is 7.94. The van der Waals surface area contributed by atoms with Crippen LogP contribution in [0.1, 0.15) is 46.7 Å². The monoisotopic (exact) mass is 497 g/mol. The molecule has 3 fully saturated rings. The van der Waals surface area contributed by atoms with Gasteiger partial charge in [-0.1, -0.05) is 0 Å². The molecule has 0 bridgehead atoms. The van der Waals surface area contributed by atoms with Crippen LogP contribution in [0.15, 0.2) is 6.07 Å². The van der Waals surface area contributed by atoms with Crippen molar-refractivity contribution in [2.75, 3.05) is 33.1 Å². The molecule has 4 aliphatic carbocycles. The fourth-order valence-electron chi connectivity index (χ4n) is 6.78. The molecule has 1 aromatic carbocycles. The zero-order valence-electron chi connectivity index (χ0n) is 20.8. The maximum atomic E-state index is 13.9. The van der Waals surface area contributed by atoms with E-state index in [1.807, 2.05) is 25.1 Å². The summed E-state index contributed by atoms with van der Waals surface area (Å²) in [7, 11) is 6.82. The Morgan fingerprint density at radius 2 is 1.72 bits per heavy atom. The van der Waals surface area contributed by atoms with E-state index in [1.165, 1.54) is 4.90 Å². The molecule has 5 rings (SSSR count). The van der Waals surface area contributed by atoms with Crippen LogP contribution in [0.5, 0.6) is 5.75 Å². The van der Waals surface area contributed by atoms with Crippen LogP contribution in [0.2, 0.25) is 0 Å². The number of amides is 1. The third-order valence-electron chi connectivity index (χ3n) is 8.57. The Morgan fingerprint density at radius 1 is 1.08 bits per heavy atom. The maximum Gasteiger partial charge on any atom is 0.235 e. The van der Waals surface area contributed by atoms with Gasteiger partial charge in [-0.2, -0.15) is 0 Å². The van der Waals surface area contributed by atoms with Gasteiger partial charge in [-0.15, -0.1) is 0 Å². The number of anilines is 1. The van der Waals surface area contributed by atoms with Crippen molar-refractivity contribution in [3.63, 3.8) is 0 Å². The first-order valence-corrected chi connectivity index (χ1v) is 12.2. The number of nitrogens with zero attached hydrogens (tertiary/aromatic N) is 2. The van der Waals surface area contributed by atoms with Crippen LogP contribution in [-0.4, -0.2) is 84.0 Å². The number of carbonyl (C=O) groups is 5. The largest absolute Gasteiger partial charge is 0.507 e. The summed E-state index contributed by atoms with van der Waals surface area (Å²) >= 11 is 0. The molecule has 1 amide bonds. The molecule has 6 atom stereocenters. The van der Waals surface area contributed by atoms with Crippen LogP contribution >= 0.6 is 0 Å². The number of hydrogen-bond donors (Lipinski definition) is 3. The highest BCUT2D eigenvalue weighted by Gasteiger charge is 2.69. The van der Waals surface area contributed by atoms with Crippen LogP contribution in [0, 0.1) is 23.7 Å². The lowest BCUT2D eigenvalue weighted by Gasteiger charge is -2.52. The van der Waals surface area contributed by atoms with E-state index in [-0.39, 0.29) is 30.1 Å². The standard InChI is InChI=1S/C26H31N3O7/c1-28(2)15-9-12(10-5-6-10)20(30)17-13(15)7-11-8-14-19(29(3)4)22(32)18(25(27)35)24(34)26(14,36)23(33)16(11)21(17)31/h9-11,14,16,18-19,30,36H,5-8H2,1-4H3,(H2,27,35)/t11-,14-,16?,18?,19-,26-/m0/s1. The predicted octanol–water partition coefficient (Wildman–Crippen LogP) is -0.190. The summed E-state index contributed by atoms with van der Waals surface area (Å²) < 4.78 is 0. The molecule has 4 aliphatic rings. The SMILES string of the molecule is CN(C)c1cc(C2CC2)c(O)c2c1C[C@H]1C[C@H]3[C@H](N(C)C)C(=O)C(C(N)=O)C(=O)[C@@]3(O)C(=O)C1C2=O. The van der Waals surface area contributed by atoms with Gasteiger partial charge in [-0.05, 0) is 68.8 Å². The minimum Gasteiger partial charge on any atom is -0.507 e. The van der Waals surface area contributed by atoms with Gasteiger partial charge in [0.05, 0.1) is 17.5 Å². The van der Waals surface area contributed by atoms with E-state index < -0.39 is 64.4 Å². The van der Waals surface area contributed by atoms with E-state index in [9.17, 15) is 34.2 Å². The van der Waals surface area contributed by atoms with Crippen LogP contribution in [0.4, 0.5) is 5.69 Å². The number of carbonyl (C=O) groups excluding carboxylic acids is 5. The van der Waals surface area contributed by atoms with Crippen molar-refractivity contribution < 1.29 is 34.2 Å². The van der Waals surface area contributed by atoms with E-state index in [2.05, 4.69) is 0 Å². The first kappa shape index (κ1) is 24.6. The molecule has 0 aliphatic heterocycles. The van der Waals surface area contributed by atoms with Gasteiger partial charge in [0.1, 0.15) is 5.75 Å². The topological polar surface area (TPSA) is 158 Å². The number of aromatic hydroxyl groups is 1. The number of benzene rings is 1. The summed E-state index contributed by atoms with van der Waals surface area (Å²) in [5.74, 6) is -9.95. The number of aliphatic hydroxyl groups is 1. The van der Waals surface area contributed by atoms with Crippen LogP contribution < -0.4 is 10.6 Å². The Bertz CT molecular complexity index is 1230. The van der Waals surface area contributed by atoms with Crippen molar-refractivity contribution in [1.82, 2.24) is 4.90 Å². The molecule has 36 heavy (non-hydrogen) atoms. The molecule has 0 heterocycles. The van der Waals surface area contributed by atoms with E-state index in [4.69, 9.17) is 5.73 Å². The smallest absolute Gasteiger partial charge is 0.235 e. The molecule has 0 spiro atoms. The van der Waals surface area contributed by atoms with Crippen LogP contribution in [0.25, 0.3) is 0 Å². The Hall–Kier alpha value is -3.11. The van der Waals surface area contributed by atoms with E-state index in [0.717, 1.165) is 18.5 Å². The zero-order chi connectivity index (χ0) is 26.4. The predicted molar refractivity (Wildman–Crippen MR) is 128 cm³/mol. The number of hydrogen-bond acceptors (Lipinski definition) is 9. The van der Waals surface area contributed by atoms with Gasteiger partial charge in [-0.3, -0.25) is 28.9 Å². The van der Waals surface area contributed by atoms with Crippen molar-refractivity contribution in [1.29, 1.82) is 0 Å². The number of fused-ring (bicyclic) bond motifs is 3. The Kier molecular flexibility index (Phi) is 5.42. The molecular formula is C26H31N3O7. The lowest BCUT2D eigenvalue weighted by atomic mass is 9.52. The van der Waals surface area contributed by atoms with Gasteiger partial charge in [-0.25, -0.2) is 0 Å². The Morgan fingerprint density at radius 3 is 2.25 bits per heavy atom. The molecule has 0 aromatic heterocycles. The summed E-state index contributed by atoms with van der Waals surface area (Å²) in [6, 6.07) is 0.791. The second-order valence-corrected chi connectivity index (χ2v) is 11.1. The van der Waals surface area contributed by atoms with Crippen LogP contribution in [-0.2, 0) is 25.6 Å². The molecule has 1 aromatic rings. The summed E-state index contributed by atoms with van der Waals surface area (Å²) in [6.45, 7) is 0. The van der Waals surface area contributed by atoms with Crippen molar-refractivity contribution >= 4 is 34.7 Å². The quantitative estimate of drug-likeness (QED) is 0.479. The third kappa shape index (κ3) is 3.13. The van der Waals surface area contributed by atoms with Gasteiger partial charge in [0.25, 0.3) is 0 Å². The average Bonchev–Trinajstić information content (AvgIpc) is 3.61. The maximum absolute atomic E-state index is 13.9. The first-order chi connectivity index (χ1) is 16.8. The van der Waals surface area contributed by atoms with Gasteiger partial charge >= 0.3 is 0 Å². The third-order valence-corrected chi connectivity index (χ3v) is 8.57. The molecule has 2 unspecified atom stereocenters. The number of primary amides is 1. The molecule has 4 N–H and O–H groups in total. The molecule has 3 saturated carbocycles. The number of ketones is 4.